The van der Waals surface area contributed by atoms with Gasteiger partial charge in [-0.2, -0.15) is 5.10 Å². The molecule has 0 bridgehead atoms. The van der Waals surface area contributed by atoms with Crippen LogP contribution in [0.5, 0.6) is 0 Å². The third-order valence-corrected chi connectivity index (χ3v) is 5.57. The number of imidazole rings is 1. The number of carbonyl (C=O) groups is 2. The summed E-state index contributed by atoms with van der Waals surface area (Å²) in [6.45, 7) is 3.96. The van der Waals surface area contributed by atoms with E-state index in [1.165, 1.54) is 0 Å². The van der Waals surface area contributed by atoms with E-state index in [4.69, 9.17) is 4.74 Å². The molecule has 4 rings (SSSR count). The molecule has 3 aromatic heterocycles. The number of rotatable bonds is 7. The number of anilines is 1. The fourth-order valence-corrected chi connectivity index (χ4v) is 3.74. The molecule has 1 saturated carbocycles. The maximum atomic E-state index is 12.4. The first kappa shape index (κ1) is 20.8. The Labute approximate surface area is 179 Å². The fourth-order valence-electron chi connectivity index (χ4n) is 3.74. The van der Waals surface area contributed by atoms with Gasteiger partial charge in [-0.15, -0.1) is 0 Å². The van der Waals surface area contributed by atoms with Gasteiger partial charge in [0.1, 0.15) is 6.10 Å². The number of nitrogens with zero attached hydrogens (tertiary/aromatic N) is 4. The number of ether oxygens (including phenoxy) is 1. The lowest BCUT2D eigenvalue weighted by atomic mass is 10.0. The lowest BCUT2D eigenvalue weighted by Crippen LogP contribution is -2.34. The fraction of sp³-hybridized carbons (Fsp3) is 0.476. The van der Waals surface area contributed by atoms with Crippen molar-refractivity contribution in [2.24, 2.45) is 0 Å². The Balaban J connectivity index is 1.28. The molecular formula is C21H27N7O3. The van der Waals surface area contributed by atoms with Gasteiger partial charge in [-0.05, 0) is 38.7 Å². The van der Waals surface area contributed by atoms with Crippen molar-refractivity contribution in [3.05, 3.63) is 42.1 Å². The molecule has 1 aliphatic rings. The zero-order valence-electron chi connectivity index (χ0n) is 17.7. The van der Waals surface area contributed by atoms with Crippen LogP contribution in [0.4, 0.5) is 10.6 Å². The number of fused-ring (bicyclic) bond motifs is 1. The van der Waals surface area contributed by atoms with Gasteiger partial charge in [-0.3, -0.25) is 14.3 Å². The first-order valence-corrected chi connectivity index (χ1v) is 10.6. The molecule has 1 aliphatic carbocycles. The summed E-state index contributed by atoms with van der Waals surface area (Å²) >= 11 is 0. The van der Waals surface area contributed by atoms with Crippen molar-refractivity contribution in [2.45, 2.75) is 64.0 Å². The molecule has 10 heteroatoms. The average molecular weight is 425 g/mol. The highest BCUT2D eigenvalue weighted by molar-refractivity contribution is 5.91. The Morgan fingerprint density at radius 3 is 3.06 bits per heavy atom. The maximum Gasteiger partial charge on any atom is 0.407 e. The molecule has 0 spiro atoms. The highest BCUT2D eigenvalue weighted by Gasteiger charge is 2.30. The van der Waals surface area contributed by atoms with Crippen molar-refractivity contribution in [2.75, 3.05) is 5.32 Å². The van der Waals surface area contributed by atoms with E-state index < -0.39 is 0 Å². The van der Waals surface area contributed by atoms with Gasteiger partial charge in [-0.25, -0.2) is 14.8 Å². The minimum Gasteiger partial charge on any atom is -0.446 e. The molecule has 3 N–H and O–H groups in total. The second kappa shape index (κ2) is 9.15. The van der Waals surface area contributed by atoms with Crippen LogP contribution in [-0.4, -0.2) is 48.7 Å². The van der Waals surface area contributed by atoms with E-state index in [1.807, 2.05) is 26.1 Å². The van der Waals surface area contributed by atoms with E-state index in [0.29, 0.717) is 17.3 Å². The molecule has 2 amide bonds. The molecule has 3 atom stereocenters. The van der Waals surface area contributed by atoms with E-state index >= 15 is 0 Å². The molecule has 1 fully saturated rings. The highest BCUT2D eigenvalue weighted by atomic mass is 16.6. The zero-order valence-corrected chi connectivity index (χ0v) is 17.7. The molecule has 10 nitrogen and oxygen atoms in total. The number of hydrogen-bond donors (Lipinski definition) is 3. The molecule has 0 radical (unpaired) electrons. The van der Waals surface area contributed by atoms with Gasteiger partial charge in [0.25, 0.3) is 0 Å². The summed E-state index contributed by atoms with van der Waals surface area (Å²) in [6, 6.07) is 3.75. The minimum atomic E-state index is -0.361. The third-order valence-electron chi connectivity index (χ3n) is 5.57. The first-order chi connectivity index (χ1) is 15.0. The molecular weight excluding hydrogens is 398 g/mol. The van der Waals surface area contributed by atoms with Gasteiger partial charge in [0.05, 0.1) is 12.1 Å². The van der Waals surface area contributed by atoms with Crippen LogP contribution in [0.2, 0.25) is 0 Å². The van der Waals surface area contributed by atoms with Crippen LogP contribution in [0.3, 0.4) is 0 Å². The van der Waals surface area contributed by atoms with Crippen LogP contribution in [0.25, 0.3) is 5.78 Å². The number of carbonyl (C=O) groups excluding carboxylic acids is 2. The van der Waals surface area contributed by atoms with E-state index in [2.05, 4.69) is 30.8 Å². The summed E-state index contributed by atoms with van der Waals surface area (Å²) in [5, 5.41) is 12.8. The van der Waals surface area contributed by atoms with Crippen LogP contribution in [0, 0.1) is 0 Å². The molecule has 0 unspecified atom stereocenters. The van der Waals surface area contributed by atoms with Crippen molar-refractivity contribution in [1.82, 2.24) is 29.9 Å². The summed E-state index contributed by atoms with van der Waals surface area (Å²) in [4.78, 5) is 32.8. The highest BCUT2D eigenvalue weighted by Crippen LogP contribution is 2.35. The van der Waals surface area contributed by atoms with Gasteiger partial charge in [0.15, 0.2) is 5.82 Å². The van der Waals surface area contributed by atoms with E-state index in [0.717, 1.165) is 31.4 Å². The Morgan fingerprint density at radius 2 is 2.26 bits per heavy atom. The number of aromatic amines is 1. The van der Waals surface area contributed by atoms with E-state index in [1.54, 1.807) is 22.9 Å². The predicted octanol–water partition coefficient (Wildman–Crippen LogP) is 2.79. The molecule has 3 heterocycles. The monoisotopic (exact) mass is 425 g/mol. The van der Waals surface area contributed by atoms with E-state index in [-0.39, 0.29) is 36.5 Å². The SMILES string of the molecule is CC[C@H](C)NC(=O)O[C@@H]1CC[C@H](c2cc(NC(=O)Cc3cn4cccnc4n3)n[nH]2)C1. The Kier molecular flexibility index (Phi) is 6.15. The Bertz CT molecular complexity index is 1030. The van der Waals surface area contributed by atoms with Crippen LogP contribution in [-0.2, 0) is 16.0 Å². The summed E-state index contributed by atoms with van der Waals surface area (Å²) in [5.41, 5.74) is 1.57. The average Bonchev–Trinajstić information content (AvgIpc) is 3.46. The lowest BCUT2D eigenvalue weighted by Gasteiger charge is -2.16. The normalized spacial score (nSPS) is 19.3. The van der Waals surface area contributed by atoms with Gasteiger partial charge in [-0.1, -0.05) is 6.92 Å². The molecule has 0 aromatic carbocycles. The van der Waals surface area contributed by atoms with Crippen molar-refractivity contribution in [1.29, 1.82) is 0 Å². The van der Waals surface area contributed by atoms with Crippen LogP contribution in [0.15, 0.2) is 30.7 Å². The second-order valence-corrected chi connectivity index (χ2v) is 7.98. The Hall–Kier alpha value is -3.43. The number of H-pyrrole nitrogens is 1. The molecule has 0 aliphatic heterocycles. The standard InChI is InChI=1S/C21H27N7O3/c1-3-13(2)23-21(30)31-16-6-5-14(9-16)17-11-18(27-26-17)25-19(29)10-15-12-28-8-4-7-22-20(28)24-15/h4,7-8,11-14,16H,3,5-6,9-10H2,1-2H3,(H,23,30)(H2,25,26,27,29)/t13-,14-,16+/m0/s1. The number of nitrogens with one attached hydrogen (secondary N) is 3. The predicted molar refractivity (Wildman–Crippen MR) is 114 cm³/mol. The van der Waals surface area contributed by atoms with Crippen LogP contribution < -0.4 is 10.6 Å². The third kappa shape index (κ3) is 5.19. The summed E-state index contributed by atoms with van der Waals surface area (Å²) in [7, 11) is 0. The largest absolute Gasteiger partial charge is 0.446 e. The summed E-state index contributed by atoms with van der Waals surface area (Å²) in [5.74, 6) is 1.05. The summed E-state index contributed by atoms with van der Waals surface area (Å²) in [6.07, 6.45) is 8.24. The smallest absolute Gasteiger partial charge is 0.407 e. The zero-order chi connectivity index (χ0) is 21.8. The number of alkyl carbamates (subject to hydrolysis) is 1. The van der Waals surface area contributed by atoms with Gasteiger partial charge in [0, 0.05) is 42.3 Å². The summed E-state index contributed by atoms with van der Waals surface area (Å²) < 4.78 is 7.30. The molecule has 164 valence electrons. The number of amides is 2. The molecule has 0 saturated heterocycles. The van der Waals surface area contributed by atoms with Crippen molar-refractivity contribution in [3.63, 3.8) is 0 Å². The molecule has 3 aromatic rings. The van der Waals surface area contributed by atoms with Crippen molar-refractivity contribution < 1.29 is 14.3 Å². The van der Waals surface area contributed by atoms with Crippen LogP contribution in [0.1, 0.15) is 56.8 Å². The Morgan fingerprint density at radius 1 is 1.39 bits per heavy atom. The number of aromatic nitrogens is 5. The van der Waals surface area contributed by atoms with E-state index in [9.17, 15) is 9.59 Å². The molecule has 31 heavy (non-hydrogen) atoms. The van der Waals surface area contributed by atoms with Gasteiger partial charge < -0.3 is 15.4 Å². The minimum absolute atomic E-state index is 0.0975. The lowest BCUT2D eigenvalue weighted by molar-refractivity contribution is -0.115. The maximum absolute atomic E-state index is 12.4. The number of hydrogen-bond acceptors (Lipinski definition) is 6. The van der Waals surface area contributed by atoms with Crippen molar-refractivity contribution in [3.8, 4) is 0 Å². The van der Waals surface area contributed by atoms with Crippen molar-refractivity contribution >= 4 is 23.6 Å². The second-order valence-electron chi connectivity index (χ2n) is 7.98. The topological polar surface area (TPSA) is 126 Å². The quantitative estimate of drug-likeness (QED) is 0.534. The van der Waals surface area contributed by atoms with Gasteiger partial charge >= 0.3 is 6.09 Å². The first-order valence-electron chi connectivity index (χ1n) is 10.6. The van der Waals surface area contributed by atoms with Gasteiger partial charge in [0.2, 0.25) is 11.7 Å². The van der Waals surface area contributed by atoms with Crippen LogP contribution >= 0.6 is 0 Å².